The molecule has 0 unspecified atom stereocenters. The molecule has 0 amide bonds. The Hall–Kier alpha value is -2.84. The lowest BCUT2D eigenvalue weighted by Gasteiger charge is -2.26. The van der Waals surface area contributed by atoms with Crippen molar-refractivity contribution in [3.63, 3.8) is 0 Å². The minimum atomic E-state index is -5.00. The van der Waals surface area contributed by atoms with Gasteiger partial charge in [-0.15, -0.1) is 0 Å². The van der Waals surface area contributed by atoms with Gasteiger partial charge in [0.15, 0.2) is 22.0 Å². The van der Waals surface area contributed by atoms with Crippen molar-refractivity contribution in [3.05, 3.63) is 87.1 Å². The molecule has 0 radical (unpaired) electrons. The van der Waals surface area contributed by atoms with E-state index < -0.39 is 35.0 Å². The topological polar surface area (TPSA) is 79.1 Å². The average molecular weight is 707 g/mol. The number of aromatic nitrogens is 1. The van der Waals surface area contributed by atoms with E-state index in [4.69, 9.17) is 25.8 Å². The summed E-state index contributed by atoms with van der Waals surface area (Å²) >= 11 is 8.88. The Balaban J connectivity index is 2.06. The smallest absolute Gasteiger partial charge is 0.434 e. The fraction of sp³-hybridized carbons (Fsp3) is 0.296. The van der Waals surface area contributed by atoms with Gasteiger partial charge in [0.2, 0.25) is 0 Å². The van der Waals surface area contributed by atoms with Gasteiger partial charge in [0.1, 0.15) is 0 Å². The van der Waals surface area contributed by atoms with Gasteiger partial charge in [0, 0.05) is 14.2 Å². The van der Waals surface area contributed by atoms with E-state index in [2.05, 4.69) is 27.6 Å². The van der Waals surface area contributed by atoms with E-state index in [1.165, 1.54) is 44.4 Å². The molecule has 0 spiro atoms. The highest BCUT2D eigenvalue weighted by Gasteiger charge is 2.45. The Morgan fingerprint density at radius 1 is 1.25 bits per heavy atom. The van der Waals surface area contributed by atoms with Gasteiger partial charge >= 0.3 is 12.1 Å². The van der Waals surface area contributed by atoms with Gasteiger partial charge in [-0.2, -0.15) is 13.2 Å². The van der Waals surface area contributed by atoms with Gasteiger partial charge in [-0.3, -0.25) is 9.36 Å². The molecule has 0 bridgehead atoms. The third-order valence-electron chi connectivity index (χ3n) is 5.69. The molecule has 13 heteroatoms. The number of rotatable bonds is 7. The third kappa shape index (κ3) is 6.08. The molecular formula is C27H23ClF3IN2O5S. The van der Waals surface area contributed by atoms with Gasteiger partial charge in [-0.1, -0.05) is 35.1 Å². The molecule has 3 aromatic rings. The SMILES string of the molecule is CCOC(=O)C1=C(C(F)(F)F)N=c2s/c(=C\c3cc(I)cc(OC)c3OC(C)C)c(=O)n2[C@@H]1c1ccc(Cl)cc1. The zero-order valence-corrected chi connectivity index (χ0v) is 25.4. The van der Waals surface area contributed by atoms with Gasteiger partial charge in [-0.25, -0.2) is 9.79 Å². The second-order valence-electron chi connectivity index (χ2n) is 8.81. The molecule has 0 fully saturated rings. The normalized spacial score (nSPS) is 15.7. The molecule has 2 heterocycles. The monoisotopic (exact) mass is 706 g/mol. The third-order valence-corrected chi connectivity index (χ3v) is 7.55. The standard InChI is InChI=1S/C27H23ClF3IN2O5S/c1-5-38-25(36)20-21(14-6-8-16(28)9-7-14)34-24(35)19(40-26(34)33-23(20)27(29,30)31)11-15-10-17(32)12-18(37-4)22(15)39-13(2)3/h6-13,21H,5H2,1-4H3/b19-11-/t21-/m1/s1. The minimum absolute atomic E-state index is 0.0852. The Kier molecular flexibility index (Phi) is 9.00. The predicted octanol–water partition coefficient (Wildman–Crippen LogP) is 5.39. The van der Waals surface area contributed by atoms with E-state index in [0.29, 0.717) is 22.1 Å². The van der Waals surface area contributed by atoms with Crippen LogP contribution >= 0.6 is 45.5 Å². The number of hydrogen-bond acceptors (Lipinski definition) is 7. The average Bonchev–Trinajstić information content (AvgIpc) is 3.19. The number of hydrogen-bond donors (Lipinski definition) is 0. The summed E-state index contributed by atoms with van der Waals surface area (Å²) in [6.45, 7) is 4.97. The molecule has 0 saturated heterocycles. The summed E-state index contributed by atoms with van der Waals surface area (Å²) in [6, 6.07) is 7.93. The maximum absolute atomic E-state index is 14.3. The van der Waals surface area contributed by atoms with E-state index in [1.807, 2.05) is 13.8 Å². The number of carbonyl (C=O) groups is 1. The van der Waals surface area contributed by atoms with Crippen LogP contribution in [0.2, 0.25) is 5.02 Å². The van der Waals surface area contributed by atoms with Gasteiger partial charge < -0.3 is 14.2 Å². The number of methoxy groups -OCH3 is 1. The molecule has 1 atom stereocenters. The highest BCUT2D eigenvalue weighted by atomic mass is 127. The lowest BCUT2D eigenvalue weighted by molar-refractivity contribution is -0.140. The molecule has 0 saturated carbocycles. The first-order chi connectivity index (χ1) is 18.8. The van der Waals surface area contributed by atoms with Crippen LogP contribution in [0, 0.1) is 3.57 Å². The van der Waals surface area contributed by atoms with Crippen LogP contribution < -0.4 is 24.4 Å². The van der Waals surface area contributed by atoms with Gasteiger partial charge in [-0.05, 0) is 79.3 Å². The zero-order valence-electron chi connectivity index (χ0n) is 21.6. The molecule has 1 aromatic heterocycles. The highest BCUT2D eigenvalue weighted by molar-refractivity contribution is 14.1. The van der Waals surface area contributed by atoms with E-state index in [1.54, 1.807) is 12.1 Å². The summed E-state index contributed by atoms with van der Waals surface area (Å²) in [4.78, 5) is 30.4. The van der Waals surface area contributed by atoms with Crippen LogP contribution in [-0.2, 0) is 9.53 Å². The van der Waals surface area contributed by atoms with Crippen LogP contribution in [0.3, 0.4) is 0 Å². The van der Waals surface area contributed by atoms with Crippen molar-refractivity contribution in [1.29, 1.82) is 0 Å². The fourth-order valence-corrected chi connectivity index (χ4v) is 5.89. The molecule has 1 aliphatic rings. The summed E-state index contributed by atoms with van der Waals surface area (Å²) in [5, 5.41) is 0.333. The first-order valence-electron chi connectivity index (χ1n) is 12.0. The number of thiazole rings is 1. The molecule has 4 rings (SSSR count). The summed E-state index contributed by atoms with van der Waals surface area (Å²) in [7, 11) is 1.48. The number of nitrogens with zero attached hydrogens (tertiary/aromatic N) is 2. The first kappa shape index (κ1) is 30.1. The summed E-state index contributed by atoms with van der Waals surface area (Å²) in [5.41, 5.74) is -2.11. The van der Waals surface area contributed by atoms with E-state index in [-0.39, 0.29) is 27.6 Å². The largest absolute Gasteiger partial charge is 0.493 e. The van der Waals surface area contributed by atoms with Crippen molar-refractivity contribution in [1.82, 2.24) is 4.57 Å². The molecule has 2 aromatic carbocycles. The number of benzene rings is 2. The van der Waals surface area contributed by atoms with Crippen molar-refractivity contribution in [2.45, 2.75) is 39.1 Å². The van der Waals surface area contributed by atoms with Crippen LogP contribution in [-0.4, -0.2) is 36.5 Å². The second-order valence-corrected chi connectivity index (χ2v) is 11.5. The molecule has 1 aliphatic heterocycles. The summed E-state index contributed by atoms with van der Waals surface area (Å²) in [6.07, 6.45) is -3.70. The molecule has 7 nitrogen and oxygen atoms in total. The second kappa shape index (κ2) is 12.0. The Labute approximate surface area is 249 Å². The number of halogens is 5. The van der Waals surface area contributed by atoms with Gasteiger partial charge in [0.05, 0.1) is 36.0 Å². The number of alkyl halides is 3. The molecule has 0 N–H and O–H groups in total. The van der Waals surface area contributed by atoms with Gasteiger partial charge in [0.25, 0.3) is 5.56 Å². The van der Waals surface area contributed by atoms with Crippen molar-refractivity contribution in [2.24, 2.45) is 4.99 Å². The first-order valence-corrected chi connectivity index (χ1v) is 14.2. The fourth-order valence-electron chi connectivity index (χ4n) is 4.15. The van der Waals surface area contributed by atoms with Crippen molar-refractivity contribution >= 4 is 57.6 Å². The molecule has 40 heavy (non-hydrogen) atoms. The molecule has 212 valence electrons. The Morgan fingerprint density at radius 3 is 2.50 bits per heavy atom. The maximum Gasteiger partial charge on any atom is 0.434 e. The number of esters is 1. The van der Waals surface area contributed by atoms with Crippen LogP contribution in [0.15, 0.2) is 57.5 Å². The van der Waals surface area contributed by atoms with Crippen LogP contribution in [0.4, 0.5) is 13.2 Å². The summed E-state index contributed by atoms with van der Waals surface area (Å²) < 4.78 is 61.3. The quantitative estimate of drug-likeness (QED) is 0.243. The summed E-state index contributed by atoms with van der Waals surface area (Å²) in [5.74, 6) is -0.411. The Morgan fingerprint density at radius 2 is 1.93 bits per heavy atom. The molecular weight excluding hydrogens is 684 g/mol. The number of allylic oxidation sites excluding steroid dienone is 1. The predicted molar refractivity (Wildman–Crippen MR) is 154 cm³/mol. The number of ether oxygens (including phenoxy) is 3. The number of fused-ring (bicyclic) bond motifs is 1. The Bertz CT molecular complexity index is 1660. The van der Waals surface area contributed by atoms with E-state index in [9.17, 15) is 22.8 Å². The zero-order chi connectivity index (χ0) is 29.4. The van der Waals surface area contributed by atoms with Crippen molar-refractivity contribution in [2.75, 3.05) is 13.7 Å². The van der Waals surface area contributed by atoms with E-state index >= 15 is 0 Å². The maximum atomic E-state index is 14.3. The van der Waals surface area contributed by atoms with Crippen LogP contribution in [0.1, 0.15) is 37.9 Å². The lowest BCUT2D eigenvalue weighted by atomic mass is 9.95. The van der Waals surface area contributed by atoms with Crippen LogP contribution in [0.5, 0.6) is 11.5 Å². The number of carbonyl (C=O) groups excluding carboxylic acids is 1. The highest BCUT2D eigenvalue weighted by Crippen LogP contribution is 2.39. The van der Waals surface area contributed by atoms with Crippen molar-refractivity contribution in [3.8, 4) is 11.5 Å². The lowest BCUT2D eigenvalue weighted by Crippen LogP contribution is -2.41. The van der Waals surface area contributed by atoms with E-state index in [0.717, 1.165) is 19.5 Å². The molecule has 0 aliphatic carbocycles. The van der Waals surface area contributed by atoms with Crippen LogP contribution in [0.25, 0.3) is 6.08 Å². The minimum Gasteiger partial charge on any atom is -0.493 e. The van der Waals surface area contributed by atoms with Crippen molar-refractivity contribution < 1.29 is 32.2 Å².